The molecule has 0 saturated heterocycles. The molecule has 0 aromatic heterocycles. The Labute approximate surface area is 147 Å². The van der Waals surface area contributed by atoms with Crippen LogP contribution in [0.1, 0.15) is 67.2 Å². The first kappa shape index (κ1) is 22.7. The fourth-order valence-corrected chi connectivity index (χ4v) is 2.42. The molecule has 1 fully saturated rings. The molecule has 16 heavy (non-hydrogen) atoms. The van der Waals surface area contributed by atoms with E-state index >= 15 is 0 Å². The van der Waals surface area contributed by atoms with Crippen LogP contribution in [0.25, 0.3) is 5.32 Å². The van der Waals surface area contributed by atoms with Crippen molar-refractivity contribution < 1.29 is 51.4 Å². The van der Waals surface area contributed by atoms with Crippen LogP contribution in [0.2, 0.25) is 0 Å². The predicted molar refractivity (Wildman–Crippen MR) is 72.6 cm³/mol. The molecular formula is C14H32KN. The second-order valence-corrected chi connectivity index (χ2v) is 3.83. The molecule has 0 aromatic rings. The van der Waals surface area contributed by atoms with Gasteiger partial charge in [0.15, 0.2) is 0 Å². The van der Waals surface area contributed by atoms with Gasteiger partial charge in [0.25, 0.3) is 0 Å². The zero-order chi connectivity index (χ0) is 12.3. The Balaban J connectivity index is -0.000000305. The summed E-state index contributed by atoms with van der Waals surface area (Å²) in [5.41, 5.74) is 0. The fraction of sp³-hybridized carbons (Fsp3) is 1.00. The first-order chi connectivity index (χ1) is 7.29. The summed E-state index contributed by atoms with van der Waals surface area (Å²) in [6.45, 7) is 12.6. The molecule has 0 amide bonds. The van der Waals surface area contributed by atoms with Crippen LogP contribution in [-0.4, -0.2) is 13.1 Å². The van der Waals surface area contributed by atoms with E-state index in [2.05, 4.69) is 19.2 Å². The zero-order valence-corrected chi connectivity index (χ0v) is 16.1. The van der Waals surface area contributed by atoms with Gasteiger partial charge >= 0.3 is 51.4 Å². The van der Waals surface area contributed by atoms with Crippen LogP contribution < -0.4 is 51.4 Å². The summed E-state index contributed by atoms with van der Waals surface area (Å²) in [5.74, 6) is 1.71. The van der Waals surface area contributed by atoms with Crippen molar-refractivity contribution in [2.45, 2.75) is 73.3 Å². The molecule has 0 spiro atoms. The monoisotopic (exact) mass is 253 g/mol. The van der Waals surface area contributed by atoms with Crippen LogP contribution in [0.5, 0.6) is 0 Å². The number of rotatable bonds is 2. The molecule has 1 aliphatic carbocycles. The van der Waals surface area contributed by atoms with Crippen molar-refractivity contribution in [3.05, 3.63) is 5.32 Å². The van der Waals surface area contributed by atoms with Crippen LogP contribution in [0.3, 0.4) is 0 Å². The van der Waals surface area contributed by atoms with E-state index in [0.717, 1.165) is 11.8 Å². The molecule has 1 aliphatic rings. The number of hydrogen-bond donors (Lipinski definition) is 0. The van der Waals surface area contributed by atoms with E-state index in [1.165, 1.54) is 25.7 Å². The number of nitrogens with zero attached hydrogens (tertiary/aromatic N) is 1. The summed E-state index contributed by atoms with van der Waals surface area (Å²) in [7, 11) is 1.98. The van der Waals surface area contributed by atoms with Crippen molar-refractivity contribution >= 4 is 0 Å². The van der Waals surface area contributed by atoms with Gasteiger partial charge in [0.2, 0.25) is 0 Å². The average Bonchev–Trinajstić information content (AvgIpc) is 2.33. The zero-order valence-electron chi connectivity index (χ0n) is 13.0. The molecule has 3 unspecified atom stereocenters. The van der Waals surface area contributed by atoms with E-state index in [1.54, 1.807) is 0 Å². The molecule has 1 rings (SSSR count). The smallest absolute Gasteiger partial charge is 0.662 e. The third-order valence-electron chi connectivity index (χ3n) is 3.12. The summed E-state index contributed by atoms with van der Waals surface area (Å²) in [6, 6.07) is 0.661. The first-order valence-corrected chi connectivity index (χ1v) is 6.88. The Morgan fingerprint density at radius 2 is 1.56 bits per heavy atom. The van der Waals surface area contributed by atoms with Gasteiger partial charge in [-0.25, -0.2) is 0 Å². The summed E-state index contributed by atoms with van der Waals surface area (Å²) in [5, 5.41) is 4.48. The molecule has 0 radical (unpaired) electrons. The topological polar surface area (TPSA) is 14.1 Å². The molecule has 3 atom stereocenters. The molecule has 0 aliphatic heterocycles. The molecule has 0 N–H and O–H groups in total. The van der Waals surface area contributed by atoms with E-state index in [1.807, 2.05) is 34.7 Å². The van der Waals surface area contributed by atoms with Gasteiger partial charge in [-0.1, -0.05) is 79.1 Å². The van der Waals surface area contributed by atoms with Gasteiger partial charge in [-0.15, -0.1) is 6.04 Å². The maximum atomic E-state index is 4.48. The van der Waals surface area contributed by atoms with Crippen molar-refractivity contribution in [3.63, 3.8) is 0 Å². The van der Waals surface area contributed by atoms with E-state index in [-0.39, 0.29) is 51.4 Å². The minimum Gasteiger partial charge on any atom is -0.662 e. The Morgan fingerprint density at radius 1 is 1.06 bits per heavy atom. The minimum atomic E-state index is 0. The molecule has 0 bridgehead atoms. The standard InChI is InChI=1S/C10H20N.2C2H6.K/c1-4-9-7-5-6-8(2)10(9)11-3;2*1-2;/h8-10H,4-7H2,1-3H3;2*1-2H3;/q-1;;;+1. The quantitative estimate of drug-likeness (QED) is 0.670. The second-order valence-electron chi connectivity index (χ2n) is 3.83. The van der Waals surface area contributed by atoms with Crippen molar-refractivity contribution in [2.75, 3.05) is 7.05 Å². The summed E-state index contributed by atoms with van der Waals surface area (Å²) >= 11 is 0. The maximum absolute atomic E-state index is 4.48. The van der Waals surface area contributed by atoms with Crippen molar-refractivity contribution in [2.24, 2.45) is 11.8 Å². The molecule has 1 nitrogen and oxygen atoms in total. The van der Waals surface area contributed by atoms with Gasteiger partial charge in [0, 0.05) is 0 Å². The Morgan fingerprint density at radius 3 is 1.88 bits per heavy atom. The van der Waals surface area contributed by atoms with E-state index in [9.17, 15) is 0 Å². The Kier molecular flexibility index (Phi) is 23.6. The molecule has 0 aromatic carbocycles. The van der Waals surface area contributed by atoms with Crippen molar-refractivity contribution in [1.82, 2.24) is 0 Å². The van der Waals surface area contributed by atoms with Crippen molar-refractivity contribution in [1.29, 1.82) is 0 Å². The fourth-order valence-electron chi connectivity index (χ4n) is 2.42. The largest absolute Gasteiger partial charge is 1.00 e. The number of hydrogen-bond acceptors (Lipinski definition) is 0. The third-order valence-corrected chi connectivity index (χ3v) is 3.12. The third kappa shape index (κ3) is 8.65. The molecule has 2 heteroatoms. The average molecular weight is 254 g/mol. The maximum Gasteiger partial charge on any atom is 1.00 e. The SMILES string of the molecule is CC.CC.CCC1CCCC(C)C1[N-]C.[K+]. The van der Waals surface area contributed by atoms with Gasteiger partial charge in [-0.3, -0.25) is 0 Å². The van der Waals surface area contributed by atoms with Gasteiger partial charge in [-0.05, 0) is 0 Å². The Bertz CT molecular complexity index is 117. The van der Waals surface area contributed by atoms with Crippen LogP contribution in [0, 0.1) is 11.8 Å². The van der Waals surface area contributed by atoms with Gasteiger partial charge in [-0.2, -0.15) is 7.05 Å². The van der Waals surface area contributed by atoms with Crippen LogP contribution in [0.15, 0.2) is 0 Å². The predicted octanol–water partition coefficient (Wildman–Crippen LogP) is 2.26. The van der Waals surface area contributed by atoms with Crippen molar-refractivity contribution in [3.8, 4) is 0 Å². The van der Waals surface area contributed by atoms with E-state index < -0.39 is 0 Å². The minimum absolute atomic E-state index is 0. The Hall–Kier alpha value is 1.60. The molecule has 94 valence electrons. The molecule has 0 heterocycles. The van der Waals surface area contributed by atoms with Crippen LogP contribution in [-0.2, 0) is 0 Å². The van der Waals surface area contributed by atoms with Crippen LogP contribution >= 0.6 is 0 Å². The summed E-state index contributed by atoms with van der Waals surface area (Å²) < 4.78 is 0. The van der Waals surface area contributed by atoms with Gasteiger partial charge < -0.3 is 5.32 Å². The molecule has 1 saturated carbocycles. The van der Waals surface area contributed by atoms with Crippen LogP contribution in [0.4, 0.5) is 0 Å². The second kappa shape index (κ2) is 16.6. The van der Waals surface area contributed by atoms with E-state index in [0.29, 0.717) is 6.04 Å². The van der Waals surface area contributed by atoms with Gasteiger partial charge in [0.1, 0.15) is 0 Å². The van der Waals surface area contributed by atoms with E-state index in [4.69, 9.17) is 0 Å². The van der Waals surface area contributed by atoms with Gasteiger partial charge in [0.05, 0.1) is 0 Å². The first-order valence-electron chi connectivity index (χ1n) is 6.88. The molecular weight excluding hydrogens is 221 g/mol. The summed E-state index contributed by atoms with van der Waals surface area (Å²) in [6.07, 6.45) is 5.53. The normalized spacial score (nSPS) is 27.6. The summed E-state index contributed by atoms with van der Waals surface area (Å²) in [4.78, 5) is 0.